The number of piperazine rings is 1. The highest BCUT2D eigenvalue weighted by Crippen LogP contribution is 2.30. The number of fused-ring (bicyclic) bond motifs is 1. The fraction of sp³-hybridized carbons (Fsp3) is 0.333. The van der Waals surface area contributed by atoms with Crippen LogP contribution >= 0.6 is 11.3 Å². The van der Waals surface area contributed by atoms with Gasteiger partial charge in [0.15, 0.2) is 5.13 Å². The lowest BCUT2D eigenvalue weighted by Crippen LogP contribution is -2.49. The Morgan fingerprint density at radius 1 is 1.25 bits per heavy atom. The van der Waals surface area contributed by atoms with Crippen molar-refractivity contribution in [1.29, 1.82) is 0 Å². The van der Waals surface area contributed by atoms with E-state index in [4.69, 9.17) is 0 Å². The number of halogens is 1. The van der Waals surface area contributed by atoms with Crippen molar-refractivity contribution in [2.75, 3.05) is 31.1 Å². The van der Waals surface area contributed by atoms with Gasteiger partial charge in [-0.2, -0.15) is 5.10 Å². The van der Waals surface area contributed by atoms with Crippen molar-refractivity contribution < 1.29 is 9.18 Å². The summed E-state index contributed by atoms with van der Waals surface area (Å²) in [5, 5.41) is 4.75. The minimum atomic E-state index is -0.295. The van der Waals surface area contributed by atoms with E-state index < -0.39 is 0 Å². The maximum absolute atomic E-state index is 13.8. The molecule has 3 aromatic rings. The summed E-state index contributed by atoms with van der Waals surface area (Å²) < 4.78 is 16.1. The van der Waals surface area contributed by atoms with Crippen LogP contribution in [0.1, 0.15) is 0 Å². The Hall–Kier alpha value is -2.55. The molecule has 4 rings (SSSR count). The Balaban J connectivity index is 1.41. The summed E-state index contributed by atoms with van der Waals surface area (Å²) in [7, 11) is 0. The second-order valence-electron chi connectivity index (χ2n) is 5.54. The largest absolute Gasteiger partial charge is 0.345 e. The topological polar surface area (TPSA) is 67.2 Å². The van der Waals surface area contributed by atoms with Crippen molar-refractivity contribution in [1.82, 2.24) is 24.6 Å². The molecule has 1 amide bonds. The zero-order valence-corrected chi connectivity index (χ0v) is 13.6. The van der Waals surface area contributed by atoms with Crippen LogP contribution in [0.25, 0.3) is 10.2 Å². The number of thiazole rings is 1. The Labute approximate surface area is 141 Å². The molecular weight excluding hydrogens is 331 g/mol. The van der Waals surface area contributed by atoms with Gasteiger partial charge in [0.25, 0.3) is 0 Å². The lowest BCUT2D eigenvalue weighted by atomic mass is 10.3. The number of anilines is 1. The third kappa shape index (κ3) is 2.82. The molecule has 7 nitrogen and oxygen atoms in total. The van der Waals surface area contributed by atoms with Crippen LogP contribution in [0, 0.1) is 5.82 Å². The minimum Gasteiger partial charge on any atom is -0.345 e. The Morgan fingerprint density at radius 2 is 2.08 bits per heavy atom. The second-order valence-corrected chi connectivity index (χ2v) is 6.55. The monoisotopic (exact) mass is 346 g/mol. The molecule has 0 spiro atoms. The number of carbonyl (C=O) groups is 1. The first-order valence-corrected chi connectivity index (χ1v) is 8.42. The number of carbonyl (C=O) groups excluding carboxylic acids is 1. The maximum Gasteiger partial charge on any atom is 0.244 e. The molecule has 24 heavy (non-hydrogen) atoms. The van der Waals surface area contributed by atoms with Crippen molar-refractivity contribution in [3.8, 4) is 0 Å². The van der Waals surface area contributed by atoms with E-state index in [0.717, 1.165) is 9.83 Å². The highest BCUT2D eigenvalue weighted by Gasteiger charge is 2.23. The molecule has 0 unspecified atom stereocenters. The van der Waals surface area contributed by atoms with Crippen LogP contribution < -0.4 is 4.90 Å². The Kier molecular flexibility index (Phi) is 3.85. The van der Waals surface area contributed by atoms with Crippen molar-refractivity contribution >= 4 is 32.6 Å². The van der Waals surface area contributed by atoms with Crippen molar-refractivity contribution in [3.05, 3.63) is 36.7 Å². The van der Waals surface area contributed by atoms with Gasteiger partial charge in [-0.25, -0.2) is 19.0 Å². The summed E-state index contributed by atoms with van der Waals surface area (Å²) in [6.45, 7) is 2.80. The number of aromatic nitrogens is 4. The molecule has 0 aliphatic carbocycles. The number of nitrogens with zero attached hydrogens (tertiary/aromatic N) is 6. The van der Waals surface area contributed by atoms with Gasteiger partial charge in [-0.15, -0.1) is 0 Å². The molecule has 0 bridgehead atoms. The van der Waals surface area contributed by atoms with E-state index in [-0.39, 0.29) is 18.3 Å². The van der Waals surface area contributed by atoms with Crippen LogP contribution in [0.5, 0.6) is 0 Å². The van der Waals surface area contributed by atoms with E-state index in [9.17, 15) is 9.18 Å². The van der Waals surface area contributed by atoms with E-state index in [1.807, 2.05) is 11.0 Å². The van der Waals surface area contributed by atoms with Gasteiger partial charge in [0.2, 0.25) is 5.91 Å². The van der Waals surface area contributed by atoms with E-state index in [2.05, 4.69) is 20.0 Å². The summed E-state index contributed by atoms with van der Waals surface area (Å²) in [5.74, 6) is -0.271. The van der Waals surface area contributed by atoms with E-state index in [1.165, 1.54) is 34.7 Å². The van der Waals surface area contributed by atoms with E-state index in [0.29, 0.717) is 31.7 Å². The quantitative estimate of drug-likeness (QED) is 0.717. The zero-order chi connectivity index (χ0) is 16.5. The number of benzene rings is 1. The molecule has 9 heteroatoms. The Morgan fingerprint density at radius 3 is 2.79 bits per heavy atom. The predicted molar refractivity (Wildman–Crippen MR) is 88.4 cm³/mol. The number of rotatable bonds is 3. The predicted octanol–water partition coefficient (Wildman–Crippen LogP) is 1.38. The first-order valence-electron chi connectivity index (χ1n) is 7.61. The summed E-state index contributed by atoms with van der Waals surface area (Å²) in [6, 6.07) is 4.99. The standard InChI is InChI=1S/C15H15FN6OS/c16-11-2-1-3-12-14(11)19-15(24-12)21-6-4-20(5-7-21)13(23)8-22-10-17-9-18-22/h1-3,9-10H,4-8H2. The highest BCUT2D eigenvalue weighted by atomic mass is 32.1. The molecule has 0 atom stereocenters. The van der Waals surface area contributed by atoms with Gasteiger partial charge in [0.05, 0.1) is 4.70 Å². The Bertz CT molecular complexity index is 856. The second kappa shape index (κ2) is 6.16. The van der Waals surface area contributed by atoms with Crippen LogP contribution in [-0.4, -0.2) is 56.7 Å². The van der Waals surface area contributed by atoms with Crippen molar-refractivity contribution in [3.63, 3.8) is 0 Å². The van der Waals surface area contributed by atoms with Gasteiger partial charge < -0.3 is 9.80 Å². The number of amides is 1. The molecule has 0 N–H and O–H groups in total. The molecular formula is C15H15FN6OS. The van der Waals surface area contributed by atoms with Crippen molar-refractivity contribution in [2.24, 2.45) is 0 Å². The maximum atomic E-state index is 13.8. The summed E-state index contributed by atoms with van der Waals surface area (Å²) in [5.41, 5.74) is 0.419. The highest BCUT2D eigenvalue weighted by molar-refractivity contribution is 7.22. The van der Waals surface area contributed by atoms with Crippen molar-refractivity contribution in [2.45, 2.75) is 6.54 Å². The lowest BCUT2D eigenvalue weighted by molar-refractivity contribution is -0.132. The molecule has 1 fully saturated rings. The van der Waals surface area contributed by atoms with Crippen LogP contribution in [-0.2, 0) is 11.3 Å². The summed E-state index contributed by atoms with van der Waals surface area (Å²) in [4.78, 5) is 24.4. The molecule has 1 aliphatic heterocycles. The fourth-order valence-electron chi connectivity index (χ4n) is 2.74. The number of hydrogen-bond acceptors (Lipinski definition) is 6. The van der Waals surface area contributed by atoms with Crippen LogP contribution in [0.3, 0.4) is 0 Å². The third-order valence-electron chi connectivity index (χ3n) is 4.03. The third-order valence-corrected chi connectivity index (χ3v) is 5.11. The van der Waals surface area contributed by atoms with Gasteiger partial charge in [-0.05, 0) is 12.1 Å². The van der Waals surface area contributed by atoms with E-state index in [1.54, 1.807) is 6.07 Å². The summed E-state index contributed by atoms with van der Waals surface area (Å²) >= 11 is 1.48. The van der Waals surface area contributed by atoms with Gasteiger partial charge in [0, 0.05) is 26.2 Å². The van der Waals surface area contributed by atoms with Gasteiger partial charge >= 0.3 is 0 Å². The normalized spacial score (nSPS) is 15.2. The molecule has 1 saturated heterocycles. The first-order chi connectivity index (χ1) is 11.7. The molecule has 0 radical (unpaired) electrons. The van der Waals surface area contributed by atoms with Gasteiger partial charge in [-0.3, -0.25) is 4.79 Å². The molecule has 3 heterocycles. The lowest BCUT2D eigenvalue weighted by Gasteiger charge is -2.34. The van der Waals surface area contributed by atoms with E-state index >= 15 is 0 Å². The smallest absolute Gasteiger partial charge is 0.244 e. The first kappa shape index (κ1) is 15.0. The number of para-hydroxylation sites is 1. The molecule has 124 valence electrons. The van der Waals surface area contributed by atoms with Crippen LogP contribution in [0.15, 0.2) is 30.9 Å². The van der Waals surface area contributed by atoms with Crippen LogP contribution in [0.4, 0.5) is 9.52 Å². The molecule has 1 aromatic carbocycles. The molecule has 2 aromatic heterocycles. The minimum absolute atomic E-state index is 0.0236. The summed E-state index contributed by atoms with van der Waals surface area (Å²) in [6.07, 6.45) is 2.95. The van der Waals surface area contributed by atoms with Crippen LogP contribution in [0.2, 0.25) is 0 Å². The number of hydrogen-bond donors (Lipinski definition) is 0. The zero-order valence-electron chi connectivity index (χ0n) is 12.8. The van der Waals surface area contributed by atoms with Gasteiger partial charge in [-0.1, -0.05) is 17.4 Å². The molecule has 1 aliphatic rings. The molecule has 0 saturated carbocycles. The SMILES string of the molecule is O=C(Cn1cncn1)N1CCN(c2nc3c(F)cccc3s2)CC1. The van der Waals surface area contributed by atoms with Gasteiger partial charge in [0.1, 0.15) is 30.5 Å². The average molecular weight is 346 g/mol. The fourth-order valence-corrected chi connectivity index (χ4v) is 3.77. The average Bonchev–Trinajstić information content (AvgIpc) is 3.25.